The van der Waals surface area contributed by atoms with Crippen LogP contribution < -0.4 is 5.32 Å². The molecular weight excluding hydrogens is 500 g/mol. The lowest BCUT2D eigenvalue weighted by Gasteiger charge is -2.18. The molecule has 1 aliphatic heterocycles. The largest absolute Gasteiger partial charge is 0.342 e. The number of benzene rings is 3. The van der Waals surface area contributed by atoms with E-state index in [4.69, 9.17) is 23.2 Å². The Labute approximate surface area is 219 Å². The van der Waals surface area contributed by atoms with Gasteiger partial charge in [0.15, 0.2) is 0 Å². The summed E-state index contributed by atoms with van der Waals surface area (Å²) in [6, 6.07) is 18.9. The van der Waals surface area contributed by atoms with Crippen molar-refractivity contribution in [3.8, 4) is 6.07 Å². The van der Waals surface area contributed by atoms with Crippen molar-refractivity contribution in [3.63, 3.8) is 0 Å². The van der Waals surface area contributed by atoms with Gasteiger partial charge in [0.25, 0.3) is 0 Å². The number of halogens is 3. The molecule has 3 aromatic rings. The fourth-order valence-electron chi connectivity index (χ4n) is 4.35. The summed E-state index contributed by atoms with van der Waals surface area (Å²) in [4.78, 5) is 27.1. The number of rotatable bonds is 7. The fourth-order valence-corrected chi connectivity index (χ4v) is 4.75. The van der Waals surface area contributed by atoms with E-state index in [-0.39, 0.29) is 24.1 Å². The van der Waals surface area contributed by atoms with Crippen molar-refractivity contribution in [3.05, 3.63) is 98.8 Å². The highest BCUT2D eigenvalue weighted by Gasteiger charge is 2.34. The van der Waals surface area contributed by atoms with E-state index in [2.05, 4.69) is 11.4 Å². The van der Waals surface area contributed by atoms with Crippen LogP contribution in [0.2, 0.25) is 10.0 Å². The van der Waals surface area contributed by atoms with Crippen LogP contribution in [0.15, 0.2) is 60.7 Å². The number of hydrogen-bond donors (Lipinski definition) is 1. The summed E-state index contributed by atoms with van der Waals surface area (Å²) in [5.41, 5.74) is 3.63. The molecule has 1 saturated heterocycles. The molecule has 0 aliphatic carbocycles. The van der Waals surface area contributed by atoms with Crippen molar-refractivity contribution in [1.29, 1.82) is 5.26 Å². The number of aryl methyl sites for hydroxylation is 1. The molecule has 1 heterocycles. The molecule has 184 valence electrons. The topological polar surface area (TPSA) is 73.2 Å². The highest BCUT2D eigenvalue weighted by Crippen LogP contribution is 2.34. The van der Waals surface area contributed by atoms with Gasteiger partial charge < -0.3 is 10.2 Å². The summed E-state index contributed by atoms with van der Waals surface area (Å²) in [6.07, 6.45) is 0.720. The van der Waals surface area contributed by atoms with Crippen molar-refractivity contribution in [1.82, 2.24) is 4.90 Å². The zero-order valence-electron chi connectivity index (χ0n) is 19.6. The number of carbonyl (C=O) groups excluding carboxylic acids is 2. The average Bonchev–Trinajstić information content (AvgIpc) is 3.23. The monoisotopic (exact) mass is 523 g/mol. The van der Waals surface area contributed by atoms with Gasteiger partial charge in [-0.2, -0.15) is 5.26 Å². The summed E-state index contributed by atoms with van der Waals surface area (Å²) >= 11 is 12.5. The first-order chi connectivity index (χ1) is 17.2. The first kappa shape index (κ1) is 25.7. The van der Waals surface area contributed by atoms with E-state index < -0.39 is 11.8 Å². The van der Waals surface area contributed by atoms with Crippen LogP contribution in [0.5, 0.6) is 0 Å². The predicted molar refractivity (Wildman–Crippen MR) is 139 cm³/mol. The lowest BCUT2D eigenvalue weighted by atomic mass is 9.91. The lowest BCUT2D eigenvalue weighted by molar-refractivity contribution is -0.128. The Hall–Kier alpha value is -3.40. The third-order valence-electron chi connectivity index (χ3n) is 6.41. The van der Waals surface area contributed by atoms with Crippen LogP contribution in [0.1, 0.15) is 34.6 Å². The van der Waals surface area contributed by atoms with Gasteiger partial charge in [-0.1, -0.05) is 53.5 Å². The minimum atomic E-state index is -0.583. The Morgan fingerprint density at radius 3 is 2.53 bits per heavy atom. The average molecular weight is 524 g/mol. The van der Waals surface area contributed by atoms with Crippen LogP contribution in [0.4, 0.5) is 10.1 Å². The molecule has 36 heavy (non-hydrogen) atoms. The van der Waals surface area contributed by atoms with Gasteiger partial charge in [-0.3, -0.25) is 9.59 Å². The summed E-state index contributed by atoms with van der Waals surface area (Å²) < 4.78 is 13.1. The number of nitrogens with one attached hydrogen (secondary N) is 1. The first-order valence-electron chi connectivity index (χ1n) is 11.5. The van der Waals surface area contributed by atoms with Crippen LogP contribution in [0.3, 0.4) is 0 Å². The minimum Gasteiger partial charge on any atom is -0.342 e. The molecule has 1 fully saturated rings. The number of likely N-dealkylation sites (tertiary alicyclic amines) is 1. The van der Waals surface area contributed by atoms with Crippen molar-refractivity contribution in [2.45, 2.75) is 25.7 Å². The van der Waals surface area contributed by atoms with Crippen molar-refractivity contribution >= 4 is 40.7 Å². The zero-order chi connectivity index (χ0) is 25.8. The Morgan fingerprint density at radius 2 is 1.86 bits per heavy atom. The molecule has 2 atom stereocenters. The number of carbonyl (C=O) groups is 2. The standard InChI is InChI=1S/C28H24Cl2FN3O2/c1-17-12-23(24(15-32)19-4-6-21(29)7-5-19)25(30)14-26(17)33-28(36)20-13-27(35)34(16-20)11-10-18-2-8-22(31)9-3-18/h2-9,12,14,20,24H,10-11,13,16H2,1H3,(H,33,36). The molecule has 1 aliphatic rings. The van der Waals surface area contributed by atoms with Crippen molar-refractivity contribution in [2.24, 2.45) is 5.92 Å². The zero-order valence-corrected chi connectivity index (χ0v) is 21.1. The summed E-state index contributed by atoms with van der Waals surface area (Å²) in [6.45, 7) is 2.62. The molecule has 0 saturated carbocycles. The van der Waals surface area contributed by atoms with E-state index in [0.717, 1.165) is 16.7 Å². The maximum absolute atomic E-state index is 13.1. The van der Waals surface area contributed by atoms with Crippen molar-refractivity contribution < 1.29 is 14.0 Å². The molecule has 1 N–H and O–H groups in total. The summed E-state index contributed by atoms with van der Waals surface area (Å²) in [7, 11) is 0. The Balaban J connectivity index is 1.42. The van der Waals surface area contributed by atoms with Gasteiger partial charge in [0.1, 0.15) is 5.82 Å². The number of amides is 2. The van der Waals surface area contributed by atoms with E-state index in [1.54, 1.807) is 53.4 Å². The van der Waals surface area contributed by atoms with Gasteiger partial charge in [0, 0.05) is 35.2 Å². The quantitative estimate of drug-likeness (QED) is 0.405. The third kappa shape index (κ3) is 5.87. The van der Waals surface area contributed by atoms with Crippen LogP contribution in [0.25, 0.3) is 0 Å². The Morgan fingerprint density at radius 1 is 1.17 bits per heavy atom. The van der Waals surface area contributed by atoms with Crippen LogP contribution in [-0.4, -0.2) is 29.8 Å². The van der Waals surface area contributed by atoms with Crippen LogP contribution in [0, 0.1) is 30.0 Å². The third-order valence-corrected chi connectivity index (χ3v) is 6.99. The second-order valence-corrected chi connectivity index (χ2v) is 9.75. The molecule has 4 rings (SSSR count). The molecule has 2 unspecified atom stereocenters. The van der Waals surface area contributed by atoms with E-state index >= 15 is 0 Å². The van der Waals surface area contributed by atoms with Gasteiger partial charge in [-0.15, -0.1) is 0 Å². The van der Waals surface area contributed by atoms with E-state index in [1.807, 2.05) is 6.92 Å². The second kappa shape index (κ2) is 11.1. The number of nitriles is 1. The normalized spacial score (nSPS) is 16.0. The smallest absolute Gasteiger partial charge is 0.229 e. The number of anilines is 1. The van der Waals surface area contributed by atoms with Gasteiger partial charge in [-0.05, 0) is 65.9 Å². The SMILES string of the molecule is Cc1cc(C(C#N)c2ccc(Cl)cc2)c(Cl)cc1NC(=O)C1CC(=O)N(CCc2ccc(F)cc2)C1. The Bertz CT molecular complexity index is 1320. The van der Waals surface area contributed by atoms with Gasteiger partial charge in [-0.25, -0.2) is 4.39 Å². The molecule has 0 aromatic heterocycles. The maximum Gasteiger partial charge on any atom is 0.229 e. The molecule has 5 nitrogen and oxygen atoms in total. The molecule has 3 aromatic carbocycles. The molecule has 8 heteroatoms. The Kier molecular flexibility index (Phi) is 7.93. The molecule has 2 amide bonds. The van der Waals surface area contributed by atoms with E-state index in [9.17, 15) is 19.2 Å². The maximum atomic E-state index is 13.1. The van der Waals surface area contributed by atoms with E-state index in [1.165, 1.54) is 12.1 Å². The number of hydrogen-bond acceptors (Lipinski definition) is 3. The first-order valence-corrected chi connectivity index (χ1v) is 12.3. The van der Waals surface area contributed by atoms with Gasteiger partial charge in [0.2, 0.25) is 11.8 Å². The van der Waals surface area contributed by atoms with E-state index in [0.29, 0.717) is 40.8 Å². The molecule has 0 radical (unpaired) electrons. The minimum absolute atomic E-state index is 0.0813. The van der Waals surface area contributed by atoms with Crippen LogP contribution >= 0.6 is 23.2 Å². The lowest BCUT2D eigenvalue weighted by Crippen LogP contribution is -2.30. The van der Waals surface area contributed by atoms with Crippen molar-refractivity contribution in [2.75, 3.05) is 18.4 Å². The van der Waals surface area contributed by atoms with Gasteiger partial charge >= 0.3 is 0 Å². The predicted octanol–water partition coefficient (Wildman–Crippen LogP) is 6.13. The number of nitrogens with zero attached hydrogens (tertiary/aromatic N) is 2. The highest BCUT2D eigenvalue weighted by molar-refractivity contribution is 6.32. The summed E-state index contributed by atoms with van der Waals surface area (Å²) in [5, 5.41) is 13.6. The summed E-state index contributed by atoms with van der Waals surface area (Å²) in [5.74, 6) is -1.70. The van der Waals surface area contributed by atoms with Gasteiger partial charge in [0.05, 0.1) is 17.9 Å². The molecule has 0 spiro atoms. The second-order valence-electron chi connectivity index (χ2n) is 8.91. The highest BCUT2D eigenvalue weighted by atomic mass is 35.5. The molecular formula is C28H24Cl2FN3O2. The fraction of sp³-hybridized carbons (Fsp3) is 0.250. The molecule has 0 bridgehead atoms. The van der Waals surface area contributed by atoms with Crippen LogP contribution in [-0.2, 0) is 16.0 Å².